The third kappa shape index (κ3) is 3.66. The van der Waals surface area contributed by atoms with Gasteiger partial charge in [-0.05, 0) is 24.5 Å². The number of nitrogens with two attached hydrogens (primary N) is 1. The summed E-state index contributed by atoms with van der Waals surface area (Å²) in [6.07, 6.45) is -3.85. The van der Waals surface area contributed by atoms with Crippen LogP contribution in [-0.2, 0) is 6.18 Å². The van der Waals surface area contributed by atoms with Crippen molar-refractivity contribution in [2.45, 2.75) is 25.6 Å². The Bertz CT molecular complexity index is 518. The molecule has 1 saturated heterocycles. The summed E-state index contributed by atoms with van der Waals surface area (Å²) in [5, 5.41) is 2.35. The zero-order chi connectivity index (χ0) is 15.6. The summed E-state index contributed by atoms with van der Waals surface area (Å²) in [5.41, 5.74) is 4.80. The highest BCUT2D eigenvalue weighted by Gasteiger charge is 2.34. The predicted molar refractivity (Wildman–Crippen MR) is 73.8 cm³/mol. The fourth-order valence-electron chi connectivity index (χ4n) is 2.38. The van der Waals surface area contributed by atoms with Crippen molar-refractivity contribution in [3.63, 3.8) is 0 Å². The van der Waals surface area contributed by atoms with Crippen LogP contribution in [0.1, 0.15) is 18.9 Å². The van der Waals surface area contributed by atoms with E-state index in [0.717, 1.165) is 6.07 Å². The number of alkyl halides is 3. The molecule has 0 aromatic heterocycles. The molecule has 7 heteroatoms. The number of para-hydroxylation sites is 1. The van der Waals surface area contributed by atoms with Crippen LogP contribution in [0.4, 0.5) is 23.7 Å². The molecule has 116 valence electrons. The van der Waals surface area contributed by atoms with Crippen LogP contribution < -0.4 is 11.1 Å². The average molecular weight is 301 g/mol. The van der Waals surface area contributed by atoms with Crippen LogP contribution in [0.5, 0.6) is 0 Å². The molecule has 0 aliphatic carbocycles. The van der Waals surface area contributed by atoms with E-state index < -0.39 is 17.8 Å². The largest absolute Gasteiger partial charge is 0.418 e. The maximum absolute atomic E-state index is 12.9. The summed E-state index contributed by atoms with van der Waals surface area (Å²) in [7, 11) is 0. The lowest BCUT2D eigenvalue weighted by Gasteiger charge is -2.35. The average Bonchev–Trinajstić information content (AvgIpc) is 2.41. The fourth-order valence-corrected chi connectivity index (χ4v) is 2.38. The highest BCUT2D eigenvalue weighted by Crippen LogP contribution is 2.34. The normalized spacial score (nSPS) is 23.0. The molecule has 2 amide bonds. The van der Waals surface area contributed by atoms with Gasteiger partial charge in [0.05, 0.1) is 11.3 Å². The van der Waals surface area contributed by atoms with Gasteiger partial charge in [-0.3, -0.25) is 0 Å². The summed E-state index contributed by atoms with van der Waals surface area (Å²) in [6, 6.07) is 4.45. The maximum Gasteiger partial charge on any atom is 0.418 e. The number of anilines is 1. The monoisotopic (exact) mass is 301 g/mol. The molecule has 0 saturated carbocycles. The van der Waals surface area contributed by atoms with Crippen molar-refractivity contribution in [2.24, 2.45) is 11.7 Å². The zero-order valence-electron chi connectivity index (χ0n) is 11.7. The van der Waals surface area contributed by atoms with Crippen molar-refractivity contribution in [3.05, 3.63) is 29.8 Å². The van der Waals surface area contributed by atoms with Gasteiger partial charge in [-0.2, -0.15) is 13.2 Å². The number of urea groups is 1. The number of rotatable bonds is 1. The third-order valence-electron chi connectivity index (χ3n) is 3.73. The Morgan fingerprint density at radius 1 is 1.38 bits per heavy atom. The Hall–Kier alpha value is -1.76. The Morgan fingerprint density at radius 3 is 2.67 bits per heavy atom. The zero-order valence-corrected chi connectivity index (χ0v) is 11.7. The number of carbonyl (C=O) groups excluding carboxylic acids is 1. The molecule has 2 rings (SSSR count). The van der Waals surface area contributed by atoms with Crippen molar-refractivity contribution in [3.8, 4) is 0 Å². The molecule has 1 aromatic carbocycles. The first-order chi connectivity index (χ1) is 9.79. The molecule has 0 bridgehead atoms. The Balaban J connectivity index is 2.10. The minimum Gasteiger partial charge on any atom is -0.327 e. The first-order valence-electron chi connectivity index (χ1n) is 6.76. The van der Waals surface area contributed by atoms with Gasteiger partial charge in [-0.1, -0.05) is 19.1 Å². The molecule has 2 unspecified atom stereocenters. The number of carbonyl (C=O) groups is 1. The van der Waals surface area contributed by atoms with Gasteiger partial charge in [0.1, 0.15) is 0 Å². The van der Waals surface area contributed by atoms with Crippen molar-refractivity contribution >= 4 is 11.7 Å². The lowest BCUT2D eigenvalue weighted by molar-refractivity contribution is -0.136. The minimum atomic E-state index is -4.50. The molecule has 4 nitrogen and oxygen atoms in total. The number of piperidine rings is 1. The first kappa shape index (κ1) is 15.6. The topological polar surface area (TPSA) is 58.4 Å². The van der Waals surface area contributed by atoms with Crippen LogP contribution >= 0.6 is 0 Å². The lowest BCUT2D eigenvalue weighted by Crippen LogP contribution is -2.49. The molecule has 1 aromatic rings. The summed E-state index contributed by atoms with van der Waals surface area (Å²) < 4.78 is 38.6. The molecule has 3 N–H and O–H groups in total. The molecule has 1 heterocycles. The van der Waals surface area contributed by atoms with Crippen molar-refractivity contribution in [2.75, 3.05) is 18.4 Å². The second-order valence-corrected chi connectivity index (χ2v) is 5.35. The number of nitrogens with zero attached hydrogens (tertiary/aromatic N) is 1. The van der Waals surface area contributed by atoms with Gasteiger partial charge >= 0.3 is 12.2 Å². The lowest BCUT2D eigenvalue weighted by atomic mass is 9.95. The highest BCUT2D eigenvalue weighted by molar-refractivity contribution is 5.90. The van der Waals surface area contributed by atoms with Gasteiger partial charge in [-0.25, -0.2) is 4.79 Å². The second-order valence-electron chi connectivity index (χ2n) is 5.35. The van der Waals surface area contributed by atoms with Crippen molar-refractivity contribution in [1.82, 2.24) is 4.90 Å². The molecule has 1 fully saturated rings. The van der Waals surface area contributed by atoms with E-state index in [2.05, 4.69) is 5.32 Å². The smallest absolute Gasteiger partial charge is 0.327 e. The summed E-state index contributed by atoms with van der Waals surface area (Å²) in [4.78, 5) is 13.6. The maximum atomic E-state index is 12.9. The molecule has 0 radical (unpaired) electrons. The SMILES string of the molecule is CC1CN(C(=O)Nc2ccccc2C(F)(F)F)CCC1N. The molecule has 0 spiro atoms. The molecule has 1 aliphatic heterocycles. The van der Waals surface area contributed by atoms with Crippen LogP contribution in [0.15, 0.2) is 24.3 Å². The van der Waals surface area contributed by atoms with Gasteiger partial charge in [0, 0.05) is 19.1 Å². The molecule has 1 aliphatic rings. The van der Waals surface area contributed by atoms with Crippen LogP contribution in [0.3, 0.4) is 0 Å². The molecule has 21 heavy (non-hydrogen) atoms. The van der Waals surface area contributed by atoms with E-state index in [9.17, 15) is 18.0 Å². The number of hydrogen-bond acceptors (Lipinski definition) is 2. The van der Waals surface area contributed by atoms with E-state index >= 15 is 0 Å². The van der Waals surface area contributed by atoms with E-state index in [1.807, 2.05) is 6.92 Å². The van der Waals surface area contributed by atoms with Crippen LogP contribution in [0.25, 0.3) is 0 Å². The van der Waals surface area contributed by atoms with E-state index in [4.69, 9.17) is 5.73 Å². The standard InChI is InChI=1S/C14H18F3N3O/c1-9-8-20(7-6-11(9)18)13(21)19-12-5-3-2-4-10(12)14(15,16)17/h2-5,9,11H,6-8,18H2,1H3,(H,19,21). The highest BCUT2D eigenvalue weighted by atomic mass is 19.4. The predicted octanol–water partition coefficient (Wildman–Crippen LogP) is 2.91. The van der Waals surface area contributed by atoms with Gasteiger partial charge in [0.2, 0.25) is 0 Å². The summed E-state index contributed by atoms with van der Waals surface area (Å²) >= 11 is 0. The number of benzene rings is 1. The van der Waals surface area contributed by atoms with Gasteiger partial charge in [-0.15, -0.1) is 0 Å². The van der Waals surface area contributed by atoms with Gasteiger partial charge in [0.15, 0.2) is 0 Å². The van der Waals surface area contributed by atoms with Gasteiger partial charge < -0.3 is 16.0 Å². The number of halogens is 3. The van der Waals surface area contributed by atoms with Crippen molar-refractivity contribution < 1.29 is 18.0 Å². The van der Waals surface area contributed by atoms with E-state index in [1.165, 1.54) is 23.1 Å². The number of hydrogen-bond donors (Lipinski definition) is 2. The molecular formula is C14H18F3N3O. The number of likely N-dealkylation sites (tertiary alicyclic amines) is 1. The van der Waals surface area contributed by atoms with Crippen LogP contribution in [-0.4, -0.2) is 30.1 Å². The second kappa shape index (κ2) is 5.93. The molecule has 2 atom stereocenters. The van der Waals surface area contributed by atoms with Crippen LogP contribution in [0.2, 0.25) is 0 Å². The van der Waals surface area contributed by atoms with Gasteiger partial charge in [0.25, 0.3) is 0 Å². The van der Waals surface area contributed by atoms with Crippen LogP contribution in [0, 0.1) is 5.92 Å². The third-order valence-corrected chi connectivity index (χ3v) is 3.73. The van der Waals surface area contributed by atoms with Crippen molar-refractivity contribution in [1.29, 1.82) is 0 Å². The number of amides is 2. The van der Waals surface area contributed by atoms with E-state index in [-0.39, 0.29) is 17.6 Å². The van der Waals surface area contributed by atoms with E-state index in [0.29, 0.717) is 19.5 Å². The van der Waals surface area contributed by atoms with E-state index in [1.54, 1.807) is 0 Å². The first-order valence-corrected chi connectivity index (χ1v) is 6.76. The summed E-state index contributed by atoms with van der Waals surface area (Å²) in [6.45, 7) is 2.82. The Labute approximate surface area is 121 Å². The Morgan fingerprint density at radius 2 is 2.05 bits per heavy atom. The minimum absolute atomic E-state index is 0.0245. The fraction of sp³-hybridized carbons (Fsp3) is 0.500. The summed E-state index contributed by atoms with van der Waals surface area (Å²) in [5.74, 6) is 0.127. The molecular weight excluding hydrogens is 283 g/mol. The number of nitrogens with one attached hydrogen (secondary N) is 1. The Kier molecular flexibility index (Phi) is 4.41. The quantitative estimate of drug-likeness (QED) is 0.838.